The highest BCUT2D eigenvalue weighted by atomic mass is 35.5. The summed E-state index contributed by atoms with van der Waals surface area (Å²) < 4.78 is 26.7. The van der Waals surface area contributed by atoms with Crippen LogP contribution >= 0.6 is 11.6 Å². The topological polar surface area (TPSA) is 65.4 Å². The highest BCUT2D eigenvalue weighted by molar-refractivity contribution is 6.30. The zero-order valence-electron chi connectivity index (χ0n) is 17.3. The number of carbonyl (C=O) groups is 1. The first-order valence-corrected chi connectivity index (χ1v) is 10.0. The molecule has 0 atom stereocenters. The molecule has 0 bridgehead atoms. The van der Waals surface area contributed by atoms with Crippen LogP contribution in [-0.4, -0.2) is 29.9 Å². The maximum atomic E-state index is 14.3. The van der Waals surface area contributed by atoms with Gasteiger partial charge in [0.15, 0.2) is 0 Å². The summed E-state index contributed by atoms with van der Waals surface area (Å²) in [5, 5.41) is 7.47. The van der Waals surface area contributed by atoms with Gasteiger partial charge in [-0.15, -0.1) is 0 Å². The van der Waals surface area contributed by atoms with Crippen LogP contribution < -0.4 is 14.8 Å². The Hall–Kier alpha value is -3.84. The predicted octanol–water partition coefficient (Wildman–Crippen LogP) is 5.60. The molecule has 0 unspecified atom stereocenters. The highest BCUT2D eigenvalue weighted by Crippen LogP contribution is 2.35. The van der Waals surface area contributed by atoms with Crippen molar-refractivity contribution in [3.05, 3.63) is 89.3 Å². The molecule has 0 fully saturated rings. The summed E-state index contributed by atoms with van der Waals surface area (Å²) in [5.74, 6) is -0.0870. The van der Waals surface area contributed by atoms with Crippen molar-refractivity contribution in [1.29, 1.82) is 0 Å². The lowest BCUT2D eigenvalue weighted by Crippen LogP contribution is -2.13. The molecular weight excluding hydrogens is 433 g/mol. The number of amides is 1. The van der Waals surface area contributed by atoms with Crippen molar-refractivity contribution < 1.29 is 18.7 Å². The molecular formula is C24H19ClFN3O3. The molecule has 1 heterocycles. The number of benzene rings is 3. The Morgan fingerprint density at radius 3 is 2.50 bits per heavy atom. The molecule has 0 aliphatic carbocycles. The third kappa shape index (κ3) is 4.29. The van der Waals surface area contributed by atoms with Gasteiger partial charge in [-0.1, -0.05) is 29.8 Å². The molecule has 4 aromatic rings. The predicted molar refractivity (Wildman–Crippen MR) is 121 cm³/mol. The lowest BCUT2D eigenvalue weighted by molar-refractivity contribution is 0.102. The fourth-order valence-corrected chi connectivity index (χ4v) is 3.39. The maximum absolute atomic E-state index is 14.3. The van der Waals surface area contributed by atoms with Crippen molar-refractivity contribution in [1.82, 2.24) is 9.78 Å². The summed E-state index contributed by atoms with van der Waals surface area (Å²) in [6, 6.07) is 18.6. The molecule has 0 aliphatic heterocycles. The van der Waals surface area contributed by atoms with E-state index in [4.69, 9.17) is 21.1 Å². The standard InChI is InChI=1S/C24H19ClFN3O3/c1-31-17-9-11-22(32-2)18(13-17)23-19(14-29(28-23)16-6-4-3-5-7-16)24(30)27-21-10-8-15(25)12-20(21)26/h3-14H,1-2H3,(H,27,30). The molecule has 0 radical (unpaired) electrons. The summed E-state index contributed by atoms with van der Waals surface area (Å²) in [5.41, 5.74) is 1.91. The van der Waals surface area contributed by atoms with Gasteiger partial charge in [0, 0.05) is 16.8 Å². The summed E-state index contributed by atoms with van der Waals surface area (Å²) in [6.45, 7) is 0. The van der Waals surface area contributed by atoms with Crippen molar-refractivity contribution >= 4 is 23.2 Å². The normalized spacial score (nSPS) is 10.6. The summed E-state index contributed by atoms with van der Waals surface area (Å²) in [6.07, 6.45) is 1.59. The van der Waals surface area contributed by atoms with Gasteiger partial charge in [0.2, 0.25) is 0 Å². The minimum atomic E-state index is -0.637. The molecule has 1 N–H and O–H groups in total. The largest absolute Gasteiger partial charge is 0.497 e. The number of nitrogens with one attached hydrogen (secondary N) is 1. The molecule has 3 aromatic carbocycles. The van der Waals surface area contributed by atoms with Gasteiger partial charge in [0.25, 0.3) is 5.91 Å². The SMILES string of the molecule is COc1ccc(OC)c(-c2nn(-c3ccccc3)cc2C(=O)Nc2ccc(Cl)cc2F)c1. The van der Waals surface area contributed by atoms with Crippen LogP contribution in [0, 0.1) is 5.82 Å². The smallest absolute Gasteiger partial charge is 0.259 e. The van der Waals surface area contributed by atoms with Crippen LogP contribution in [0.1, 0.15) is 10.4 Å². The molecule has 0 aliphatic rings. The second-order valence-corrected chi connectivity index (χ2v) is 7.25. The first-order valence-electron chi connectivity index (χ1n) is 9.64. The number of hydrogen-bond donors (Lipinski definition) is 1. The minimum absolute atomic E-state index is 0.00965. The van der Waals surface area contributed by atoms with Crippen LogP contribution in [0.3, 0.4) is 0 Å². The zero-order chi connectivity index (χ0) is 22.7. The number of carbonyl (C=O) groups excluding carboxylic acids is 1. The van der Waals surface area contributed by atoms with Crippen LogP contribution in [0.15, 0.2) is 72.9 Å². The van der Waals surface area contributed by atoms with Crippen molar-refractivity contribution in [3.8, 4) is 28.4 Å². The van der Waals surface area contributed by atoms with Crippen LogP contribution in [0.25, 0.3) is 16.9 Å². The zero-order valence-corrected chi connectivity index (χ0v) is 18.1. The Kier molecular flexibility index (Phi) is 6.09. The molecule has 8 heteroatoms. The number of hydrogen-bond acceptors (Lipinski definition) is 4. The number of halogens is 2. The van der Waals surface area contributed by atoms with Gasteiger partial charge in [-0.2, -0.15) is 5.10 Å². The number of nitrogens with zero attached hydrogens (tertiary/aromatic N) is 2. The monoisotopic (exact) mass is 451 g/mol. The first-order chi connectivity index (χ1) is 15.5. The van der Waals surface area contributed by atoms with E-state index in [1.54, 1.807) is 36.2 Å². The average molecular weight is 452 g/mol. The molecule has 6 nitrogen and oxygen atoms in total. The minimum Gasteiger partial charge on any atom is -0.497 e. The maximum Gasteiger partial charge on any atom is 0.259 e. The number of para-hydroxylation sites is 1. The van der Waals surface area contributed by atoms with Crippen LogP contribution in [-0.2, 0) is 0 Å². The van der Waals surface area contributed by atoms with Gasteiger partial charge < -0.3 is 14.8 Å². The number of anilines is 1. The van der Waals surface area contributed by atoms with Gasteiger partial charge in [-0.05, 0) is 48.5 Å². The number of methoxy groups -OCH3 is 2. The molecule has 0 saturated heterocycles. The Labute approximate surface area is 189 Å². The van der Waals surface area contributed by atoms with E-state index in [0.717, 1.165) is 11.8 Å². The molecule has 1 amide bonds. The van der Waals surface area contributed by atoms with E-state index >= 15 is 0 Å². The Balaban J connectivity index is 1.84. The van der Waals surface area contributed by atoms with E-state index in [1.165, 1.54) is 19.2 Å². The average Bonchev–Trinajstić information content (AvgIpc) is 3.26. The number of rotatable bonds is 6. The highest BCUT2D eigenvalue weighted by Gasteiger charge is 2.23. The lowest BCUT2D eigenvalue weighted by atomic mass is 10.1. The second-order valence-electron chi connectivity index (χ2n) is 6.82. The van der Waals surface area contributed by atoms with Crippen molar-refractivity contribution in [2.75, 3.05) is 19.5 Å². The summed E-state index contributed by atoms with van der Waals surface area (Å²) >= 11 is 5.82. The van der Waals surface area contributed by atoms with Crippen molar-refractivity contribution in [2.24, 2.45) is 0 Å². The fourth-order valence-electron chi connectivity index (χ4n) is 3.23. The number of ether oxygens (including phenoxy) is 2. The van der Waals surface area contributed by atoms with E-state index in [1.807, 2.05) is 30.3 Å². The van der Waals surface area contributed by atoms with Crippen LogP contribution in [0.4, 0.5) is 10.1 Å². The molecule has 0 spiro atoms. The van der Waals surface area contributed by atoms with Crippen molar-refractivity contribution in [2.45, 2.75) is 0 Å². The summed E-state index contributed by atoms with van der Waals surface area (Å²) in [4.78, 5) is 13.2. The van der Waals surface area contributed by atoms with E-state index in [9.17, 15) is 9.18 Å². The van der Waals surface area contributed by atoms with Gasteiger partial charge in [0.1, 0.15) is 23.0 Å². The third-order valence-electron chi connectivity index (χ3n) is 4.82. The van der Waals surface area contributed by atoms with Crippen LogP contribution in [0.5, 0.6) is 11.5 Å². The third-order valence-corrected chi connectivity index (χ3v) is 5.06. The molecule has 162 valence electrons. The molecule has 32 heavy (non-hydrogen) atoms. The summed E-state index contributed by atoms with van der Waals surface area (Å²) in [7, 11) is 3.08. The Morgan fingerprint density at radius 2 is 1.81 bits per heavy atom. The van der Waals surface area contributed by atoms with Gasteiger partial charge in [0.05, 0.1) is 31.2 Å². The van der Waals surface area contributed by atoms with Gasteiger partial charge in [-0.3, -0.25) is 4.79 Å². The number of aromatic nitrogens is 2. The van der Waals surface area contributed by atoms with Gasteiger partial charge >= 0.3 is 0 Å². The van der Waals surface area contributed by atoms with Crippen molar-refractivity contribution in [3.63, 3.8) is 0 Å². The molecule has 4 rings (SSSR count). The second kappa shape index (κ2) is 9.11. The molecule has 0 saturated carbocycles. The Morgan fingerprint density at radius 1 is 1.03 bits per heavy atom. The van der Waals surface area contributed by atoms with E-state index in [-0.39, 0.29) is 16.3 Å². The van der Waals surface area contributed by atoms with E-state index in [0.29, 0.717) is 22.8 Å². The Bertz CT molecular complexity index is 1270. The lowest BCUT2D eigenvalue weighted by Gasteiger charge is -2.11. The van der Waals surface area contributed by atoms with E-state index < -0.39 is 11.7 Å². The van der Waals surface area contributed by atoms with Gasteiger partial charge in [-0.25, -0.2) is 9.07 Å². The quantitative estimate of drug-likeness (QED) is 0.414. The molecule has 1 aromatic heterocycles. The van der Waals surface area contributed by atoms with E-state index in [2.05, 4.69) is 10.4 Å². The fraction of sp³-hybridized carbons (Fsp3) is 0.0833. The van der Waals surface area contributed by atoms with Crippen LogP contribution in [0.2, 0.25) is 5.02 Å². The first kappa shape index (κ1) is 21.4.